The normalized spacial score (nSPS) is 18.2. The highest BCUT2D eigenvalue weighted by Gasteiger charge is 2.31. The van der Waals surface area contributed by atoms with Gasteiger partial charge >= 0.3 is 0 Å². The summed E-state index contributed by atoms with van der Waals surface area (Å²) in [5.41, 5.74) is 4.84. The number of likely N-dealkylation sites (tertiary alicyclic amines) is 1. The Balaban J connectivity index is 1.15. The van der Waals surface area contributed by atoms with Crippen LogP contribution in [0.2, 0.25) is 0 Å². The van der Waals surface area contributed by atoms with Gasteiger partial charge in [-0.05, 0) is 76.5 Å². The molecule has 2 aliphatic rings. The number of hydrogen-bond acceptors (Lipinski definition) is 4. The van der Waals surface area contributed by atoms with Crippen molar-refractivity contribution in [2.75, 3.05) is 44.2 Å². The molecule has 1 aromatic heterocycles. The Kier molecular flexibility index (Phi) is 6.59. The zero-order valence-electron chi connectivity index (χ0n) is 20.8. The predicted molar refractivity (Wildman–Crippen MR) is 138 cm³/mol. The summed E-state index contributed by atoms with van der Waals surface area (Å²) in [4.78, 5) is 25.2. The van der Waals surface area contributed by atoms with Gasteiger partial charge < -0.3 is 14.4 Å². The fourth-order valence-corrected chi connectivity index (χ4v) is 5.59. The van der Waals surface area contributed by atoms with Crippen molar-refractivity contribution in [3.63, 3.8) is 0 Å². The zero-order valence-corrected chi connectivity index (χ0v) is 20.8. The lowest BCUT2D eigenvalue weighted by molar-refractivity contribution is -0.137. The topological polar surface area (TPSA) is 44.6 Å². The summed E-state index contributed by atoms with van der Waals surface area (Å²) in [6, 6.07) is 17.4. The maximum Gasteiger partial charge on any atom is 0.225 e. The summed E-state index contributed by atoms with van der Waals surface area (Å²) in [7, 11) is 0. The van der Waals surface area contributed by atoms with Crippen LogP contribution in [0.5, 0.6) is 0 Å². The minimum absolute atomic E-state index is 0.158. The van der Waals surface area contributed by atoms with Gasteiger partial charge in [-0.15, -0.1) is 0 Å². The number of anilines is 1. The van der Waals surface area contributed by atoms with Crippen LogP contribution < -0.4 is 4.90 Å². The number of aryl methyl sites for hydroxylation is 1. The molecule has 5 rings (SSSR count). The summed E-state index contributed by atoms with van der Waals surface area (Å²) < 4.78 is 2.36. The molecule has 6 nitrogen and oxygen atoms in total. The highest BCUT2D eigenvalue weighted by Crippen LogP contribution is 2.26. The number of benzene rings is 2. The minimum atomic E-state index is 0.158. The molecule has 3 aromatic rings. The van der Waals surface area contributed by atoms with Crippen LogP contribution in [-0.4, -0.2) is 64.5 Å². The molecule has 180 valence electrons. The van der Waals surface area contributed by atoms with Crippen LogP contribution in [-0.2, 0) is 11.3 Å². The van der Waals surface area contributed by atoms with E-state index in [1.165, 1.54) is 16.8 Å². The third-order valence-corrected chi connectivity index (χ3v) is 7.45. The molecule has 0 radical (unpaired) electrons. The second-order valence-electron chi connectivity index (χ2n) is 10.2. The molecular weight excluding hydrogens is 422 g/mol. The van der Waals surface area contributed by atoms with Crippen molar-refractivity contribution in [2.45, 2.75) is 46.2 Å². The molecule has 0 saturated carbocycles. The van der Waals surface area contributed by atoms with Crippen molar-refractivity contribution >= 4 is 22.6 Å². The molecule has 0 atom stereocenters. The van der Waals surface area contributed by atoms with Gasteiger partial charge in [0.1, 0.15) is 5.82 Å². The van der Waals surface area contributed by atoms with Crippen LogP contribution in [0.1, 0.15) is 44.1 Å². The fourth-order valence-electron chi connectivity index (χ4n) is 5.59. The van der Waals surface area contributed by atoms with E-state index < -0.39 is 0 Å². The van der Waals surface area contributed by atoms with Crippen LogP contribution >= 0.6 is 0 Å². The van der Waals surface area contributed by atoms with Crippen LogP contribution in [0.25, 0.3) is 11.0 Å². The van der Waals surface area contributed by atoms with E-state index in [4.69, 9.17) is 4.98 Å². The molecule has 3 heterocycles. The summed E-state index contributed by atoms with van der Waals surface area (Å²) in [5.74, 6) is 1.65. The van der Waals surface area contributed by atoms with Gasteiger partial charge in [-0.2, -0.15) is 0 Å². The van der Waals surface area contributed by atoms with Crippen molar-refractivity contribution in [3.8, 4) is 0 Å². The number of amides is 1. The van der Waals surface area contributed by atoms with Gasteiger partial charge in [-0.25, -0.2) is 4.98 Å². The van der Waals surface area contributed by atoms with E-state index in [0.29, 0.717) is 11.9 Å². The van der Waals surface area contributed by atoms with E-state index in [1.807, 2.05) is 0 Å². The van der Waals surface area contributed by atoms with Crippen molar-refractivity contribution in [1.29, 1.82) is 0 Å². The Bertz CT molecular complexity index is 1140. The van der Waals surface area contributed by atoms with Gasteiger partial charge in [0, 0.05) is 43.8 Å². The van der Waals surface area contributed by atoms with E-state index in [0.717, 1.165) is 70.0 Å². The molecule has 2 aliphatic heterocycles. The second-order valence-corrected chi connectivity index (χ2v) is 10.2. The van der Waals surface area contributed by atoms with Crippen molar-refractivity contribution < 1.29 is 4.79 Å². The summed E-state index contributed by atoms with van der Waals surface area (Å²) in [6.45, 7) is 12.8. The Hall–Kier alpha value is -2.86. The monoisotopic (exact) mass is 459 g/mol. The summed E-state index contributed by atoms with van der Waals surface area (Å²) in [5, 5.41) is 0. The third-order valence-electron chi connectivity index (χ3n) is 7.45. The highest BCUT2D eigenvalue weighted by atomic mass is 16.2. The van der Waals surface area contributed by atoms with Gasteiger partial charge in [0.15, 0.2) is 0 Å². The molecule has 1 amide bonds. The fraction of sp³-hybridized carbons (Fsp3) is 0.500. The number of aromatic nitrogens is 2. The lowest BCUT2D eigenvalue weighted by atomic mass is 9.95. The maximum absolute atomic E-state index is 13.2. The van der Waals surface area contributed by atoms with Gasteiger partial charge in [0.25, 0.3) is 0 Å². The van der Waals surface area contributed by atoms with Crippen LogP contribution in [0, 0.1) is 12.8 Å². The van der Waals surface area contributed by atoms with Crippen molar-refractivity contribution in [1.82, 2.24) is 19.4 Å². The largest absolute Gasteiger partial charge is 0.368 e. The number of imidazole rings is 1. The maximum atomic E-state index is 13.2. The minimum Gasteiger partial charge on any atom is -0.368 e. The molecule has 2 fully saturated rings. The average molecular weight is 460 g/mol. The number of piperazine rings is 1. The number of carbonyl (C=O) groups is 1. The first-order chi connectivity index (χ1) is 16.5. The smallest absolute Gasteiger partial charge is 0.225 e. The second kappa shape index (κ2) is 9.79. The Morgan fingerprint density at radius 1 is 0.971 bits per heavy atom. The van der Waals surface area contributed by atoms with Crippen molar-refractivity contribution in [3.05, 3.63) is 59.9 Å². The Morgan fingerprint density at radius 2 is 1.71 bits per heavy atom. The predicted octanol–water partition coefficient (Wildman–Crippen LogP) is 4.49. The van der Waals surface area contributed by atoms with Crippen LogP contribution in [0.15, 0.2) is 48.5 Å². The lowest BCUT2D eigenvalue weighted by Crippen LogP contribution is -2.51. The number of rotatable bonds is 5. The van der Waals surface area contributed by atoms with Crippen LogP contribution in [0.4, 0.5) is 5.69 Å². The van der Waals surface area contributed by atoms with E-state index in [9.17, 15) is 4.79 Å². The number of piperidine rings is 1. The summed E-state index contributed by atoms with van der Waals surface area (Å²) in [6.07, 6.45) is 1.89. The third kappa shape index (κ3) is 4.69. The van der Waals surface area contributed by atoms with Gasteiger partial charge in [-0.3, -0.25) is 9.69 Å². The quantitative estimate of drug-likeness (QED) is 0.564. The number of fused-ring (bicyclic) bond motifs is 1. The van der Waals surface area contributed by atoms with E-state index in [2.05, 4.69) is 88.6 Å². The Morgan fingerprint density at radius 3 is 2.41 bits per heavy atom. The highest BCUT2D eigenvalue weighted by molar-refractivity contribution is 5.79. The molecule has 6 heteroatoms. The summed E-state index contributed by atoms with van der Waals surface area (Å²) >= 11 is 0. The van der Waals surface area contributed by atoms with Gasteiger partial charge in [-0.1, -0.05) is 24.3 Å². The van der Waals surface area contributed by atoms with Gasteiger partial charge in [0.2, 0.25) is 5.91 Å². The van der Waals surface area contributed by atoms with Crippen molar-refractivity contribution in [2.24, 2.45) is 5.92 Å². The first-order valence-electron chi connectivity index (χ1n) is 12.8. The molecule has 34 heavy (non-hydrogen) atoms. The van der Waals surface area contributed by atoms with E-state index >= 15 is 0 Å². The van der Waals surface area contributed by atoms with Crippen LogP contribution in [0.3, 0.4) is 0 Å². The SMILES string of the molecule is Cc1cccc(N2CCN(C(=O)C3CCN(Cc4nc5ccccc5n4C(C)C)CC3)CC2)c1. The number of carbonyl (C=O) groups excluding carboxylic acids is 1. The van der Waals surface area contributed by atoms with Gasteiger partial charge in [0.05, 0.1) is 17.6 Å². The first kappa shape index (κ1) is 22.9. The number of hydrogen-bond donors (Lipinski definition) is 0. The molecule has 0 N–H and O–H groups in total. The molecular formula is C28H37N5O. The molecule has 0 spiro atoms. The average Bonchev–Trinajstić information content (AvgIpc) is 3.22. The van der Waals surface area contributed by atoms with E-state index in [-0.39, 0.29) is 5.92 Å². The number of nitrogens with zero attached hydrogens (tertiary/aromatic N) is 5. The lowest BCUT2D eigenvalue weighted by Gasteiger charge is -2.39. The molecule has 0 aliphatic carbocycles. The standard InChI is InChI=1S/C28H37N5O/c1-21(2)33-26-10-5-4-9-25(26)29-27(33)20-30-13-11-23(12-14-30)28(34)32-17-15-31(16-18-32)24-8-6-7-22(3)19-24/h4-10,19,21,23H,11-18,20H2,1-3H3. The molecule has 2 saturated heterocycles. The molecule has 0 unspecified atom stereocenters. The first-order valence-corrected chi connectivity index (χ1v) is 12.8. The Labute approximate surface area is 203 Å². The molecule has 2 aromatic carbocycles. The van der Waals surface area contributed by atoms with E-state index in [1.54, 1.807) is 0 Å². The molecule has 0 bridgehead atoms. The zero-order chi connectivity index (χ0) is 23.7. The number of para-hydroxylation sites is 2.